The van der Waals surface area contributed by atoms with Crippen LogP contribution in [0, 0.1) is 24.1 Å². The van der Waals surface area contributed by atoms with Crippen molar-refractivity contribution in [2.45, 2.75) is 16.7 Å². The molecule has 0 radical (unpaired) electrons. The number of aliphatic hydroxyl groups excluding tert-OH is 1. The van der Waals surface area contributed by atoms with Crippen LogP contribution in [0.25, 0.3) is 0 Å². The van der Waals surface area contributed by atoms with Gasteiger partial charge in [-0.05, 0) is 24.6 Å². The number of fused-ring (bicyclic) bond motifs is 1. The van der Waals surface area contributed by atoms with E-state index < -0.39 is 34.6 Å². The first-order valence-corrected chi connectivity index (χ1v) is 10.4. The molecule has 32 heavy (non-hydrogen) atoms. The molecule has 4 N–H and O–H groups in total. The Bertz CT molecular complexity index is 1120. The molecule has 1 fully saturated rings. The zero-order valence-electron chi connectivity index (χ0n) is 16.7. The number of benzene rings is 1. The molecular weight excluding hydrogens is 440 g/mol. The van der Waals surface area contributed by atoms with Crippen LogP contribution in [0.15, 0.2) is 35.6 Å². The number of aliphatic hydroxyl groups is 1. The molecule has 1 saturated carbocycles. The lowest BCUT2D eigenvalue weighted by Gasteiger charge is -2.34. The summed E-state index contributed by atoms with van der Waals surface area (Å²) in [6, 6.07) is 3.80. The number of nitrogens with zero attached hydrogens (tertiary/aromatic N) is 3. The number of ether oxygens (including phenoxy) is 1. The number of anilines is 1. The third-order valence-corrected chi connectivity index (χ3v) is 6.83. The van der Waals surface area contributed by atoms with E-state index in [4.69, 9.17) is 16.9 Å². The summed E-state index contributed by atoms with van der Waals surface area (Å²) in [4.78, 5) is 24.7. The molecule has 3 atom stereocenters. The maximum Gasteiger partial charge on any atom is 0.275 e. The molecule has 0 unspecified atom stereocenters. The van der Waals surface area contributed by atoms with E-state index in [1.54, 1.807) is 0 Å². The van der Waals surface area contributed by atoms with Gasteiger partial charge in [0.1, 0.15) is 23.7 Å². The first-order valence-electron chi connectivity index (χ1n) is 9.58. The van der Waals surface area contributed by atoms with Gasteiger partial charge in [-0.3, -0.25) is 4.79 Å². The number of alkyl halides is 1. The van der Waals surface area contributed by atoms with Gasteiger partial charge in [0.25, 0.3) is 5.91 Å². The topological polar surface area (TPSA) is 123 Å². The number of carbonyl (C=O) groups is 1. The highest BCUT2D eigenvalue weighted by molar-refractivity contribution is 8.15. The molecule has 0 spiro atoms. The highest BCUT2D eigenvalue weighted by Crippen LogP contribution is 2.65. The molecule has 166 valence electrons. The molecule has 0 bridgehead atoms. The smallest absolute Gasteiger partial charge is 0.275 e. The van der Waals surface area contributed by atoms with E-state index in [9.17, 15) is 18.7 Å². The third-order valence-electron chi connectivity index (χ3n) is 5.54. The van der Waals surface area contributed by atoms with Gasteiger partial charge in [-0.2, -0.15) is 0 Å². The number of thioether (sulfide) groups is 1. The second-order valence-electron chi connectivity index (χ2n) is 7.47. The molecule has 2 aliphatic rings. The first-order chi connectivity index (χ1) is 15.4. The van der Waals surface area contributed by atoms with E-state index in [1.807, 2.05) is 0 Å². The number of aliphatic imine (C=N–C) groups is 1. The van der Waals surface area contributed by atoms with Gasteiger partial charge in [-0.25, -0.2) is 23.7 Å². The predicted molar refractivity (Wildman–Crippen MR) is 116 cm³/mol. The molecule has 0 saturated heterocycles. The summed E-state index contributed by atoms with van der Waals surface area (Å²) in [6.45, 7) is -1.21. The largest absolute Gasteiger partial charge is 0.463 e. The van der Waals surface area contributed by atoms with Gasteiger partial charge >= 0.3 is 0 Å². The number of nitrogens with one attached hydrogen (secondary N) is 1. The summed E-state index contributed by atoms with van der Waals surface area (Å²) in [5.74, 6) is 0.735. The lowest BCUT2D eigenvalue weighted by Crippen LogP contribution is -2.41. The van der Waals surface area contributed by atoms with E-state index in [1.165, 1.54) is 36.3 Å². The quantitative estimate of drug-likeness (QED) is 0.540. The second-order valence-corrected chi connectivity index (χ2v) is 8.91. The summed E-state index contributed by atoms with van der Waals surface area (Å²) in [6.07, 6.45) is 8.01. The minimum atomic E-state index is -1.57. The number of amidine groups is 1. The standard InChI is InChI=1S/C21H19F2N5O3S/c1-2-5-31-17-9-25-15(8-26-17)18(30)27-12-3-4-14(23)13(6-12)21(10-22)16-7-20(16,11-29)32-19(24)28-21/h1,3-4,6,8-9,16,29H,5,7,10-11H2,(H2,24,28)(H,27,30)/t16-,20-,21-/m1/s1. The van der Waals surface area contributed by atoms with Crippen LogP contribution in [0.5, 0.6) is 5.88 Å². The number of hydrogen-bond donors (Lipinski definition) is 3. The number of aromatic nitrogens is 2. The van der Waals surface area contributed by atoms with Crippen LogP contribution < -0.4 is 15.8 Å². The summed E-state index contributed by atoms with van der Waals surface area (Å²) < 4.78 is 33.7. The number of hydrogen-bond acceptors (Lipinski definition) is 8. The van der Waals surface area contributed by atoms with Crippen molar-refractivity contribution in [3.05, 3.63) is 47.7 Å². The Morgan fingerprint density at radius 2 is 2.25 bits per heavy atom. The highest BCUT2D eigenvalue weighted by atomic mass is 32.2. The van der Waals surface area contributed by atoms with Gasteiger partial charge in [-0.1, -0.05) is 17.7 Å². The van der Waals surface area contributed by atoms with Crippen LogP contribution in [0.3, 0.4) is 0 Å². The zero-order valence-corrected chi connectivity index (χ0v) is 17.5. The van der Waals surface area contributed by atoms with Crippen molar-refractivity contribution in [3.63, 3.8) is 0 Å². The Balaban J connectivity index is 1.60. The number of halogens is 2. The third kappa shape index (κ3) is 3.76. The van der Waals surface area contributed by atoms with Crippen molar-refractivity contribution in [1.82, 2.24) is 9.97 Å². The average Bonchev–Trinajstić information content (AvgIpc) is 3.54. The predicted octanol–water partition coefficient (Wildman–Crippen LogP) is 1.86. The number of rotatable bonds is 7. The van der Waals surface area contributed by atoms with E-state index in [0.717, 1.165) is 6.07 Å². The fraction of sp³-hybridized carbons (Fsp3) is 0.333. The van der Waals surface area contributed by atoms with Gasteiger partial charge in [0, 0.05) is 17.2 Å². The van der Waals surface area contributed by atoms with Crippen molar-refractivity contribution in [2.24, 2.45) is 16.6 Å². The SMILES string of the molecule is C#CCOc1cnc(C(=O)Nc2ccc(F)c([C@@]3(CF)N=C(N)S[C@@]4(CO)C[C@H]43)c2)cn1. The lowest BCUT2D eigenvalue weighted by atomic mass is 9.84. The van der Waals surface area contributed by atoms with E-state index >= 15 is 0 Å². The van der Waals surface area contributed by atoms with Crippen LogP contribution in [-0.4, -0.2) is 50.8 Å². The maximum atomic E-state index is 14.8. The Morgan fingerprint density at radius 1 is 1.44 bits per heavy atom. The Hall–Kier alpha value is -3.23. The summed E-state index contributed by atoms with van der Waals surface area (Å²) in [5, 5.41) is 12.5. The van der Waals surface area contributed by atoms with Crippen molar-refractivity contribution < 1.29 is 23.4 Å². The fourth-order valence-corrected chi connectivity index (χ4v) is 5.19. The summed E-state index contributed by atoms with van der Waals surface area (Å²) in [5.41, 5.74) is 4.49. The molecule has 1 aromatic heterocycles. The van der Waals surface area contributed by atoms with Crippen LogP contribution in [0.1, 0.15) is 22.5 Å². The Morgan fingerprint density at radius 3 is 2.91 bits per heavy atom. The van der Waals surface area contributed by atoms with Crippen LogP contribution in [0.2, 0.25) is 0 Å². The molecule has 1 aromatic carbocycles. The summed E-state index contributed by atoms with van der Waals surface area (Å²) >= 11 is 1.18. The van der Waals surface area contributed by atoms with Gasteiger partial charge in [-0.15, -0.1) is 6.42 Å². The Labute approximate surface area is 186 Å². The van der Waals surface area contributed by atoms with Crippen LogP contribution in [0.4, 0.5) is 14.5 Å². The van der Waals surface area contributed by atoms with Crippen molar-refractivity contribution in [2.75, 3.05) is 25.2 Å². The molecule has 8 nitrogen and oxygen atoms in total. The van der Waals surface area contributed by atoms with Gasteiger partial charge in [0.2, 0.25) is 5.88 Å². The first kappa shape index (κ1) is 22.0. The molecule has 1 aliphatic heterocycles. The molecular formula is C21H19F2N5O3S. The fourth-order valence-electron chi connectivity index (χ4n) is 3.91. The normalized spacial score (nSPS) is 25.8. The van der Waals surface area contributed by atoms with Gasteiger partial charge in [0.05, 0.1) is 23.7 Å². The monoisotopic (exact) mass is 459 g/mol. The lowest BCUT2D eigenvalue weighted by molar-refractivity contribution is 0.102. The van der Waals surface area contributed by atoms with E-state index in [-0.39, 0.29) is 41.2 Å². The molecule has 2 heterocycles. The molecule has 11 heteroatoms. The number of carbonyl (C=O) groups excluding carboxylic acids is 1. The summed E-state index contributed by atoms with van der Waals surface area (Å²) in [7, 11) is 0. The zero-order chi connectivity index (χ0) is 22.9. The number of nitrogens with two attached hydrogens (primary N) is 1. The van der Waals surface area contributed by atoms with Gasteiger partial charge < -0.3 is 20.9 Å². The van der Waals surface area contributed by atoms with Crippen LogP contribution in [-0.2, 0) is 5.54 Å². The second kappa shape index (κ2) is 8.37. The number of terminal acetylenes is 1. The maximum absolute atomic E-state index is 14.8. The minimum Gasteiger partial charge on any atom is -0.463 e. The van der Waals surface area contributed by atoms with E-state index in [2.05, 4.69) is 26.2 Å². The van der Waals surface area contributed by atoms with Crippen LogP contribution >= 0.6 is 11.8 Å². The molecule has 4 rings (SSSR count). The van der Waals surface area contributed by atoms with Crippen molar-refractivity contribution in [3.8, 4) is 18.2 Å². The van der Waals surface area contributed by atoms with Gasteiger partial charge in [0.15, 0.2) is 11.8 Å². The van der Waals surface area contributed by atoms with E-state index in [0.29, 0.717) is 6.42 Å². The number of amides is 1. The Kier molecular flexibility index (Phi) is 5.75. The molecule has 2 aromatic rings. The van der Waals surface area contributed by atoms with Crippen molar-refractivity contribution >= 4 is 28.5 Å². The average molecular weight is 459 g/mol. The molecule has 1 aliphatic carbocycles. The van der Waals surface area contributed by atoms with Crippen molar-refractivity contribution in [1.29, 1.82) is 0 Å². The molecule has 1 amide bonds. The minimum absolute atomic E-state index is 0.0121. The highest BCUT2D eigenvalue weighted by Gasteiger charge is 2.68.